The van der Waals surface area contributed by atoms with Crippen LogP contribution in [-0.4, -0.2) is 15.6 Å². The quantitative estimate of drug-likeness (QED) is 0.857. The van der Waals surface area contributed by atoms with E-state index in [-0.39, 0.29) is 5.92 Å². The topological polar surface area (TPSA) is 34.9 Å². The monoisotopic (exact) mass is 298 g/mol. The smallest absolute Gasteiger partial charge is 0.157 e. The number of hydrogen-bond donors (Lipinski definition) is 0. The lowest BCUT2D eigenvalue weighted by Gasteiger charge is -2.20. The van der Waals surface area contributed by atoms with Gasteiger partial charge in [-0.05, 0) is 42.6 Å². The molecule has 1 aliphatic carbocycles. The zero-order chi connectivity index (χ0) is 12.4. The fraction of sp³-hybridized carbons (Fsp3) is 0.692. The van der Waals surface area contributed by atoms with Crippen LogP contribution in [0, 0.1) is 19.8 Å². The van der Waals surface area contributed by atoms with Gasteiger partial charge in [0.25, 0.3) is 0 Å². The number of carbonyl (C=O) groups is 1. The minimum atomic E-state index is 0.270. The van der Waals surface area contributed by atoms with Crippen molar-refractivity contribution in [2.24, 2.45) is 5.92 Å². The van der Waals surface area contributed by atoms with Crippen LogP contribution in [0.15, 0.2) is 4.47 Å². The molecule has 0 radical (unpaired) electrons. The fourth-order valence-corrected chi connectivity index (χ4v) is 2.81. The van der Waals surface area contributed by atoms with E-state index in [4.69, 9.17) is 0 Å². The maximum atomic E-state index is 12.2. The molecular formula is C13H19BrN2O. The van der Waals surface area contributed by atoms with Gasteiger partial charge in [0.2, 0.25) is 0 Å². The Kier molecular flexibility index (Phi) is 4.02. The molecule has 0 atom stereocenters. The summed E-state index contributed by atoms with van der Waals surface area (Å²) in [5.41, 5.74) is 2.01. The van der Waals surface area contributed by atoms with Crippen LogP contribution < -0.4 is 0 Å². The molecule has 0 saturated heterocycles. The molecule has 17 heavy (non-hydrogen) atoms. The molecule has 94 valence electrons. The third-order valence-electron chi connectivity index (χ3n) is 3.66. The van der Waals surface area contributed by atoms with Gasteiger partial charge in [-0.1, -0.05) is 19.3 Å². The van der Waals surface area contributed by atoms with E-state index in [0.29, 0.717) is 12.3 Å². The van der Waals surface area contributed by atoms with Gasteiger partial charge < -0.3 is 0 Å². The SMILES string of the molecule is Cc1nn(CC(=O)C2CCCCC2)c(C)c1Br. The van der Waals surface area contributed by atoms with Gasteiger partial charge in [0.1, 0.15) is 6.54 Å². The van der Waals surface area contributed by atoms with Crippen LogP contribution in [0.1, 0.15) is 43.5 Å². The molecule has 1 fully saturated rings. The van der Waals surface area contributed by atoms with Gasteiger partial charge in [0, 0.05) is 5.92 Å². The number of halogens is 1. The first-order valence-electron chi connectivity index (χ1n) is 6.32. The highest BCUT2D eigenvalue weighted by Gasteiger charge is 2.22. The predicted molar refractivity (Wildman–Crippen MR) is 71.0 cm³/mol. The van der Waals surface area contributed by atoms with Crippen LogP contribution >= 0.6 is 15.9 Å². The number of nitrogens with zero attached hydrogens (tertiary/aromatic N) is 2. The minimum absolute atomic E-state index is 0.270. The predicted octanol–water partition coefficient (Wildman–Crippen LogP) is 3.41. The third-order valence-corrected chi connectivity index (χ3v) is 4.81. The highest BCUT2D eigenvalue weighted by atomic mass is 79.9. The van der Waals surface area contributed by atoms with Crippen molar-refractivity contribution in [1.82, 2.24) is 9.78 Å². The summed E-state index contributed by atoms with van der Waals surface area (Å²) in [6.07, 6.45) is 5.84. The molecule has 0 bridgehead atoms. The fourth-order valence-electron chi connectivity index (χ4n) is 2.53. The zero-order valence-corrected chi connectivity index (χ0v) is 12.1. The Labute approximate surface area is 111 Å². The number of carbonyl (C=O) groups excluding carboxylic acids is 1. The van der Waals surface area contributed by atoms with Gasteiger partial charge in [-0.2, -0.15) is 5.10 Å². The Hall–Kier alpha value is -0.640. The van der Waals surface area contributed by atoms with Crippen molar-refractivity contribution in [3.05, 3.63) is 15.9 Å². The van der Waals surface area contributed by atoms with Gasteiger partial charge in [-0.25, -0.2) is 0 Å². The largest absolute Gasteiger partial charge is 0.297 e. The average molecular weight is 299 g/mol. The molecule has 4 heteroatoms. The lowest BCUT2D eigenvalue weighted by Crippen LogP contribution is -2.23. The number of ketones is 1. The molecule has 1 aliphatic rings. The maximum absolute atomic E-state index is 12.2. The van der Waals surface area contributed by atoms with E-state index in [1.165, 1.54) is 19.3 Å². The van der Waals surface area contributed by atoms with Gasteiger partial charge >= 0.3 is 0 Å². The third kappa shape index (κ3) is 2.79. The van der Waals surface area contributed by atoms with Crippen LogP contribution in [0.4, 0.5) is 0 Å². The first-order chi connectivity index (χ1) is 8.09. The van der Waals surface area contributed by atoms with Crippen molar-refractivity contribution in [1.29, 1.82) is 0 Å². The van der Waals surface area contributed by atoms with E-state index in [9.17, 15) is 4.79 Å². The van der Waals surface area contributed by atoms with E-state index in [1.54, 1.807) is 0 Å². The summed E-state index contributed by atoms with van der Waals surface area (Å²) in [6.45, 7) is 4.39. The highest BCUT2D eigenvalue weighted by molar-refractivity contribution is 9.10. The van der Waals surface area contributed by atoms with Crippen molar-refractivity contribution in [3.63, 3.8) is 0 Å². The molecule has 0 aromatic carbocycles. The van der Waals surface area contributed by atoms with Gasteiger partial charge in [0.15, 0.2) is 5.78 Å². The van der Waals surface area contributed by atoms with Gasteiger partial charge in [-0.3, -0.25) is 9.48 Å². The molecular weight excluding hydrogens is 280 g/mol. The number of Topliss-reactive ketones (excluding diaryl/α,β-unsaturated/α-hetero) is 1. The molecule has 0 spiro atoms. The Morgan fingerprint density at radius 2 is 2.00 bits per heavy atom. The summed E-state index contributed by atoms with van der Waals surface area (Å²) < 4.78 is 2.85. The molecule has 1 aromatic rings. The van der Waals surface area contributed by atoms with Crippen molar-refractivity contribution >= 4 is 21.7 Å². The van der Waals surface area contributed by atoms with Crippen LogP contribution in [0.25, 0.3) is 0 Å². The average Bonchev–Trinajstić information content (AvgIpc) is 2.58. The van der Waals surface area contributed by atoms with Crippen molar-refractivity contribution in [2.45, 2.75) is 52.5 Å². The first-order valence-corrected chi connectivity index (χ1v) is 7.11. The normalized spacial score (nSPS) is 17.4. The molecule has 0 aliphatic heterocycles. The standard InChI is InChI=1S/C13H19BrN2O/c1-9-13(14)10(2)16(15-9)8-12(17)11-6-4-3-5-7-11/h11H,3-8H2,1-2H3. The number of rotatable bonds is 3. The summed E-state index contributed by atoms with van der Waals surface area (Å²) in [6, 6.07) is 0. The molecule has 1 saturated carbocycles. The second-order valence-electron chi connectivity index (χ2n) is 4.94. The first kappa shape index (κ1) is 12.8. The lowest BCUT2D eigenvalue weighted by atomic mass is 9.86. The maximum Gasteiger partial charge on any atom is 0.157 e. The van der Waals surface area contributed by atoms with Gasteiger partial charge in [-0.15, -0.1) is 0 Å². The molecule has 3 nitrogen and oxygen atoms in total. The van der Waals surface area contributed by atoms with Crippen LogP contribution in [0.2, 0.25) is 0 Å². The van der Waals surface area contributed by atoms with Crippen LogP contribution in [0.3, 0.4) is 0 Å². The van der Waals surface area contributed by atoms with E-state index >= 15 is 0 Å². The number of aromatic nitrogens is 2. The van der Waals surface area contributed by atoms with Crippen molar-refractivity contribution in [3.8, 4) is 0 Å². The number of hydrogen-bond acceptors (Lipinski definition) is 2. The van der Waals surface area contributed by atoms with E-state index in [2.05, 4.69) is 21.0 Å². The summed E-state index contributed by atoms with van der Waals surface area (Å²) in [4.78, 5) is 12.2. The Bertz CT molecular complexity index is 419. The summed E-state index contributed by atoms with van der Waals surface area (Å²) in [5, 5.41) is 4.39. The molecule has 0 N–H and O–H groups in total. The molecule has 0 amide bonds. The summed E-state index contributed by atoms with van der Waals surface area (Å²) in [7, 11) is 0. The van der Waals surface area contributed by atoms with Crippen LogP contribution in [-0.2, 0) is 11.3 Å². The van der Waals surface area contributed by atoms with E-state index in [1.807, 2.05) is 18.5 Å². The van der Waals surface area contributed by atoms with Gasteiger partial charge in [0.05, 0.1) is 15.9 Å². The Balaban J connectivity index is 2.04. The Morgan fingerprint density at radius 1 is 1.35 bits per heavy atom. The lowest BCUT2D eigenvalue weighted by molar-refractivity contribution is -0.124. The van der Waals surface area contributed by atoms with Crippen molar-refractivity contribution in [2.75, 3.05) is 0 Å². The molecule has 1 heterocycles. The Morgan fingerprint density at radius 3 is 2.53 bits per heavy atom. The van der Waals surface area contributed by atoms with E-state index < -0.39 is 0 Å². The van der Waals surface area contributed by atoms with E-state index in [0.717, 1.165) is 28.7 Å². The number of aryl methyl sites for hydroxylation is 1. The summed E-state index contributed by atoms with van der Waals surface area (Å²) >= 11 is 3.49. The second-order valence-corrected chi connectivity index (χ2v) is 5.74. The highest BCUT2D eigenvalue weighted by Crippen LogP contribution is 2.26. The molecule has 0 unspecified atom stereocenters. The minimum Gasteiger partial charge on any atom is -0.297 e. The van der Waals surface area contributed by atoms with Crippen molar-refractivity contribution < 1.29 is 4.79 Å². The van der Waals surface area contributed by atoms with Crippen LogP contribution in [0.5, 0.6) is 0 Å². The second kappa shape index (κ2) is 5.34. The summed E-state index contributed by atoms with van der Waals surface area (Å²) in [5.74, 6) is 0.620. The molecule has 2 rings (SSSR count). The molecule has 1 aromatic heterocycles. The zero-order valence-electron chi connectivity index (χ0n) is 10.5.